The number of hydrogen-bond donors (Lipinski definition) is 1. The number of hydrogen-bond acceptors (Lipinski definition) is 3. The first-order valence-corrected chi connectivity index (χ1v) is 5.08. The average molecular weight is 226 g/mol. The molecule has 0 bridgehead atoms. The maximum absolute atomic E-state index is 11.8. The second-order valence-electron chi connectivity index (χ2n) is 3.37. The molecule has 1 amide bonds. The van der Waals surface area contributed by atoms with Crippen LogP contribution >= 0.6 is 0 Å². The molecule has 1 aromatic heterocycles. The molecule has 2 aromatic rings. The van der Waals surface area contributed by atoms with Crippen molar-refractivity contribution >= 4 is 17.9 Å². The molecule has 84 valence electrons. The van der Waals surface area contributed by atoms with Crippen molar-refractivity contribution in [2.45, 2.75) is 0 Å². The van der Waals surface area contributed by atoms with E-state index in [0.717, 1.165) is 0 Å². The Morgan fingerprint density at radius 1 is 1.12 bits per heavy atom. The largest absolute Gasteiger partial charge is 0.320 e. The topological polar surface area (TPSA) is 59.1 Å². The quantitative estimate of drug-likeness (QED) is 0.816. The lowest BCUT2D eigenvalue weighted by molar-refractivity contribution is 0.102. The highest BCUT2D eigenvalue weighted by atomic mass is 16.1. The van der Waals surface area contributed by atoms with E-state index >= 15 is 0 Å². The van der Waals surface area contributed by atoms with Crippen LogP contribution in [-0.2, 0) is 0 Å². The SMILES string of the molecule is O=Cc1ncccc1NC(=O)c1ccccc1. The van der Waals surface area contributed by atoms with Crippen molar-refractivity contribution in [2.75, 3.05) is 5.32 Å². The zero-order valence-corrected chi connectivity index (χ0v) is 8.96. The molecular formula is C13H10N2O2. The molecule has 1 aromatic carbocycles. The van der Waals surface area contributed by atoms with Crippen LogP contribution in [0.25, 0.3) is 0 Å². The number of rotatable bonds is 3. The number of carbonyl (C=O) groups excluding carboxylic acids is 2. The third-order valence-corrected chi connectivity index (χ3v) is 2.23. The molecule has 1 N–H and O–H groups in total. The average Bonchev–Trinajstić information content (AvgIpc) is 2.40. The van der Waals surface area contributed by atoms with Gasteiger partial charge in [0.2, 0.25) is 0 Å². The van der Waals surface area contributed by atoms with Gasteiger partial charge >= 0.3 is 0 Å². The third-order valence-electron chi connectivity index (χ3n) is 2.23. The van der Waals surface area contributed by atoms with E-state index in [2.05, 4.69) is 10.3 Å². The second-order valence-corrected chi connectivity index (χ2v) is 3.37. The summed E-state index contributed by atoms with van der Waals surface area (Å²) in [5, 5.41) is 2.65. The van der Waals surface area contributed by atoms with E-state index in [-0.39, 0.29) is 11.6 Å². The van der Waals surface area contributed by atoms with E-state index in [4.69, 9.17) is 0 Å². The van der Waals surface area contributed by atoms with Crippen LogP contribution in [0.1, 0.15) is 20.8 Å². The molecule has 1 heterocycles. The van der Waals surface area contributed by atoms with Crippen molar-refractivity contribution < 1.29 is 9.59 Å². The molecule has 2 rings (SSSR count). The van der Waals surface area contributed by atoms with Gasteiger partial charge in [-0.1, -0.05) is 18.2 Å². The number of amides is 1. The number of pyridine rings is 1. The molecule has 0 atom stereocenters. The number of anilines is 1. The Morgan fingerprint density at radius 2 is 1.88 bits per heavy atom. The van der Waals surface area contributed by atoms with E-state index in [0.29, 0.717) is 17.5 Å². The fraction of sp³-hybridized carbons (Fsp3) is 0. The fourth-order valence-corrected chi connectivity index (χ4v) is 1.40. The lowest BCUT2D eigenvalue weighted by atomic mass is 10.2. The summed E-state index contributed by atoms with van der Waals surface area (Å²) in [5.74, 6) is -0.262. The maximum Gasteiger partial charge on any atom is 0.255 e. The molecule has 0 fully saturated rings. The van der Waals surface area contributed by atoms with Crippen LogP contribution in [0.2, 0.25) is 0 Å². The Bertz CT molecular complexity index is 538. The molecule has 0 saturated heterocycles. The summed E-state index contributed by atoms with van der Waals surface area (Å²) in [7, 11) is 0. The Hall–Kier alpha value is -2.49. The first kappa shape index (κ1) is 11.0. The number of nitrogens with one attached hydrogen (secondary N) is 1. The summed E-state index contributed by atoms with van der Waals surface area (Å²) in [6.07, 6.45) is 2.11. The van der Waals surface area contributed by atoms with Crippen molar-refractivity contribution in [3.05, 3.63) is 59.9 Å². The van der Waals surface area contributed by atoms with Gasteiger partial charge in [-0.15, -0.1) is 0 Å². The van der Waals surface area contributed by atoms with Gasteiger partial charge in [0.1, 0.15) is 5.69 Å². The number of benzene rings is 1. The van der Waals surface area contributed by atoms with Gasteiger partial charge in [-0.25, -0.2) is 0 Å². The minimum Gasteiger partial charge on any atom is -0.320 e. The number of nitrogens with zero attached hydrogens (tertiary/aromatic N) is 1. The molecule has 0 radical (unpaired) electrons. The summed E-state index contributed by atoms with van der Waals surface area (Å²) < 4.78 is 0. The van der Waals surface area contributed by atoms with Gasteiger partial charge in [0.15, 0.2) is 6.29 Å². The zero-order chi connectivity index (χ0) is 12.1. The number of aromatic nitrogens is 1. The smallest absolute Gasteiger partial charge is 0.255 e. The van der Waals surface area contributed by atoms with Crippen molar-refractivity contribution in [3.8, 4) is 0 Å². The molecule has 0 saturated carbocycles. The highest BCUT2D eigenvalue weighted by Gasteiger charge is 2.08. The highest BCUT2D eigenvalue weighted by Crippen LogP contribution is 2.11. The standard InChI is InChI=1S/C13H10N2O2/c16-9-12-11(7-4-8-14-12)15-13(17)10-5-2-1-3-6-10/h1-9H,(H,15,17). The lowest BCUT2D eigenvalue weighted by Gasteiger charge is -2.06. The van der Waals surface area contributed by atoms with Gasteiger partial charge in [-0.3, -0.25) is 14.6 Å². The zero-order valence-electron chi connectivity index (χ0n) is 8.96. The van der Waals surface area contributed by atoms with Gasteiger partial charge in [-0.2, -0.15) is 0 Å². The lowest BCUT2D eigenvalue weighted by Crippen LogP contribution is -2.13. The predicted octanol–water partition coefficient (Wildman–Crippen LogP) is 2.15. The summed E-state index contributed by atoms with van der Waals surface area (Å²) in [6.45, 7) is 0. The molecule has 4 heteroatoms. The van der Waals surface area contributed by atoms with Crippen LogP contribution in [0, 0.1) is 0 Å². The Balaban J connectivity index is 2.22. The molecule has 0 aliphatic rings. The van der Waals surface area contributed by atoms with Crippen LogP contribution in [0.5, 0.6) is 0 Å². The summed E-state index contributed by atoms with van der Waals surface area (Å²) in [4.78, 5) is 26.4. The number of carbonyl (C=O) groups is 2. The van der Waals surface area contributed by atoms with Gasteiger partial charge in [0.05, 0.1) is 5.69 Å². The Labute approximate surface area is 98.3 Å². The monoisotopic (exact) mass is 226 g/mol. The van der Waals surface area contributed by atoms with Gasteiger partial charge in [0.25, 0.3) is 5.91 Å². The summed E-state index contributed by atoms with van der Waals surface area (Å²) in [6, 6.07) is 12.1. The number of aldehydes is 1. The molecule has 0 aliphatic carbocycles. The van der Waals surface area contributed by atoms with E-state index < -0.39 is 0 Å². The normalized spacial score (nSPS) is 9.65. The summed E-state index contributed by atoms with van der Waals surface area (Å²) >= 11 is 0. The molecule has 4 nitrogen and oxygen atoms in total. The molecule has 0 aliphatic heterocycles. The first-order chi connectivity index (χ1) is 8.31. The molecule has 0 unspecified atom stereocenters. The second kappa shape index (κ2) is 5.03. The van der Waals surface area contributed by atoms with E-state index in [1.807, 2.05) is 6.07 Å². The van der Waals surface area contributed by atoms with Crippen molar-refractivity contribution in [2.24, 2.45) is 0 Å². The van der Waals surface area contributed by atoms with Crippen molar-refractivity contribution in [3.63, 3.8) is 0 Å². The van der Waals surface area contributed by atoms with Crippen LogP contribution in [0.3, 0.4) is 0 Å². The predicted molar refractivity (Wildman–Crippen MR) is 64.0 cm³/mol. The third kappa shape index (κ3) is 2.55. The first-order valence-electron chi connectivity index (χ1n) is 5.08. The van der Waals surface area contributed by atoms with Crippen LogP contribution in [0.15, 0.2) is 48.7 Å². The molecule has 17 heavy (non-hydrogen) atoms. The van der Waals surface area contributed by atoms with E-state index in [1.165, 1.54) is 6.20 Å². The minimum atomic E-state index is -0.262. The molecule has 0 spiro atoms. The maximum atomic E-state index is 11.8. The highest BCUT2D eigenvalue weighted by molar-refractivity contribution is 6.05. The Kier molecular flexibility index (Phi) is 3.25. The minimum absolute atomic E-state index is 0.219. The van der Waals surface area contributed by atoms with Crippen LogP contribution in [0.4, 0.5) is 5.69 Å². The van der Waals surface area contributed by atoms with Crippen LogP contribution in [-0.4, -0.2) is 17.2 Å². The summed E-state index contributed by atoms with van der Waals surface area (Å²) in [5.41, 5.74) is 1.17. The fourth-order valence-electron chi connectivity index (χ4n) is 1.40. The van der Waals surface area contributed by atoms with E-state index in [1.54, 1.807) is 36.4 Å². The Morgan fingerprint density at radius 3 is 2.59 bits per heavy atom. The van der Waals surface area contributed by atoms with Crippen molar-refractivity contribution in [1.29, 1.82) is 0 Å². The van der Waals surface area contributed by atoms with Gasteiger partial charge in [-0.05, 0) is 24.3 Å². The van der Waals surface area contributed by atoms with E-state index in [9.17, 15) is 9.59 Å². The van der Waals surface area contributed by atoms with Crippen LogP contribution < -0.4 is 5.32 Å². The molecular weight excluding hydrogens is 216 g/mol. The van der Waals surface area contributed by atoms with Gasteiger partial charge in [0, 0.05) is 11.8 Å². The van der Waals surface area contributed by atoms with Gasteiger partial charge < -0.3 is 5.32 Å². The van der Waals surface area contributed by atoms with Crippen molar-refractivity contribution in [1.82, 2.24) is 4.98 Å².